The fourth-order valence-corrected chi connectivity index (χ4v) is 4.26. The maximum absolute atomic E-state index is 13.0. The van der Waals surface area contributed by atoms with Crippen LogP contribution in [-0.4, -0.2) is 32.2 Å². The van der Waals surface area contributed by atoms with E-state index in [4.69, 9.17) is 0 Å². The molecule has 146 valence electrons. The molecule has 0 spiro atoms. The van der Waals surface area contributed by atoms with Crippen molar-refractivity contribution in [2.45, 2.75) is 24.8 Å². The van der Waals surface area contributed by atoms with E-state index in [0.29, 0.717) is 12.1 Å². The number of carboxylic acids is 1. The van der Waals surface area contributed by atoms with Gasteiger partial charge in [-0.25, -0.2) is 9.18 Å². The molecule has 4 nitrogen and oxygen atoms in total. The molecule has 0 amide bonds. The van der Waals surface area contributed by atoms with Gasteiger partial charge in [-0.3, -0.25) is 0 Å². The van der Waals surface area contributed by atoms with Gasteiger partial charge in [0.2, 0.25) is 0 Å². The fourth-order valence-electron chi connectivity index (χ4n) is 3.03. The van der Waals surface area contributed by atoms with Crippen molar-refractivity contribution in [2.24, 2.45) is 0 Å². The summed E-state index contributed by atoms with van der Waals surface area (Å²) in [6.45, 7) is 0.553. The number of hydrogen-bond acceptors (Lipinski definition) is 4. The van der Waals surface area contributed by atoms with Gasteiger partial charge >= 0.3 is 5.97 Å². The lowest BCUT2D eigenvalue weighted by Crippen LogP contribution is -2.34. The summed E-state index contributed by atoms with van der Waals surface area (Å²) in [5.41, 5.74) is 2.42. The molecule has 1 aliphatic heterocycles. The van der Waals surface area contributed by atoms with Crippen molar-refractivity contribution in [3.8, 4) is 5.75 Å². The van der Waals surface area contributed by atoms with E-state index < -0.39 is 5.97 Å². The second-order valence-corrected chi connectivity index (χ2v) is 7.75. The number of thioether (sulfide) groups is 1. The number of carbonyl (C=O) groups is 1. The predicted molar refractivity (Wildman–Crippen MR) is 109 cm³/mol. The van der Waals surface area contributed by atoms with Crippen LogP contribution in [0, 0.1) is 5.82 Å². The minimum absolute atomic E-state index is 0.204. The smallest absolute Gasteiger partial charge is 0.334 e. The summed E-state index contributed by atoms with van der Waals surface area (Å²) in [6, 6.07) is 13.4. The Bertz CT molecular complexity index is 862. The van der Waals surface area contributed by atoms with Gasteiger partial charge in [-0.1, -0.05) is 24.3 Å². The Morgan fingerprint density at radius 3 is 2.43 bits per heavy atom. The number of nitrogens with zero attached hydrogens (tertiary/aromatic N) is 1. The molecule has 1 aliphatic rings. The molecule has 0 saturated carbocycles. The Kier molecular flexibility index (Phi) is 6.76. The van der Waals surface area contributed by atoms with Gasteiger partial charge < -0.3 is 15.1 Å². The summed E-state index contributed by atoms with van der Waals surface area (Å²) in [7, 11) is 0. The monoisotopic (exact) mass is 399 g/mol. The van der Waals surface area contributed by atoms with Crippen LogP contribution in [0.4, 0.5) is 4.39 Å². The van der Waals surface area contributed by atoms with Gasteiger partial charge in [0, 0.05) is 12.7 Å². The fraction of sp³-hybridized carbons (Fsp3) is 0.227. The number of allylic oxidation sites excluding steroid dienone is 2. The molecule has 0 aromatic heterocycles. The van der Waals surface area contributed by atoms with Gasteiger partial charge in [0.25, 0.3) is 0 Å². The highest BCUT2D eigenvalue weighted by molar-refractivity contribution is 8.00. The van der Waals surface area contributed by atoms with Gasteiger partial charge in [0.1, 0.15) is 16.9 Å². The first-order valence-corrected chi connectivity index (χ1v) is 10.1. The van der Waals surface area contributed by atoms with Crippen molar-refractivity contribution in [1.29, 1.82) is 0 Å². The maximum Gasteiger partial charge on any atom is 0.334 e. The number of carboxylic acid groups (broad SMARTS) is 1. The Labute approximate surface area is 168 Å². The molecule has 0 saturated heterocycles. The van der Waals surface area contributed by atoms with E-state index in [1.54, 1.807) is 48.2 Å². The normalized spacial score (nSPS) is 16.1. The molecular formula is C22H22FNO3S. The third kappa shape index (κ3) is 5.39. The predicted octanol–water partition coefficient (Wildman–Crippen LogP) is 4.56. The minimum Gasteiger partial charge on any atom is -0.508 e. The number of halogens is 1. The Balaban J connectivity index is 1.61. The maximum atomic E-state index is 13.0. The molecule has 1 unspecified atom stereocenters. The number of phenols is 1. The molecular weight excluding hydrogens is 377 g/mol. The molecule has 28 heavy (non-hydrogen) atoms. The van der Waals surface area contributed by atoms with Crippen molar-refractivity contribution >= 4 is 17.7 Å². The second-order valence-electron chi connectivity index (χ2n) is 6.56. The highest BCUT2D eigenvalue weighted by Gasteiger charge is 2.27. The lowest BCUT2D eigenvalue weighted by atomic mass is 10.1. The molecule has 0 fully saturated rings. The molecule has 6 heteroatoms. The summed E-state index contributed by atoms with van der Waals surface area (Å²) >= 11 is 1.59. The van der Waals surface area contributed by atoms with Crippen LogP contribution in [0.1, 0.15) is 17.5 Å². The Morgan fingerprint density at radius 1 is 1.07 bits per heavy atom. The molecule has 3 rings (SSSR count). The Hall–Kier alpha value is -2.73. The van der Waals surface area contributed by atoms with E-state index in [1.165, 1.54) is 12.1 Å². The zero-order valence-corrected chi connectivity index (χ0v) is 16.1. The highest BCUT2D eigenvalue weighted by Crippen LogP contribution is 2.30. The van der Waals surface area contributed by atoms with Gasteiger partial charge in [-0.2, -0.15) is 0 Å². The van der Waals surface area contributed by atoms with E-state index in [0.717, 1.165) is 29.7 Å². The molecule has 2 aromatic rings. The number of phenolic OH excluding ortho intramolecular Hbond substituents is 1. The molecule has 1 heterocycles. The molecule has 2 aromatic carbocycles. The number of rotatable bonds is 8. The number of aromatic hydroxyl groups is 1. The minimum atomic E-state index is -0.920. The number of hydrogen-bond donors (Lipinski definition) is 2. The summed E-state index contributed by atoms with van der Waals surface area (Å²) in [5.74, 6) is -0.174. The largest absolute Gasteiger partial charge is 0.508 e. The lowest BCUT2D eigenvalue weighted by Gasteiger charge is -2.33. The summed E-state index contributed by atoms with van der Waals surface area (Å²) in [5, 5.41) is 18.7. The van der Waals surface area contributed by atoms with Gasteiger partial charge in [0.05, 0.1) is 5.57 Å². The van der Waals surface area contributed by atoms with Gasteiger partial charge in [-0.15, -0.1) is 11.8 Å². The van der Waals surface area contributed by atoms with Crippen molar-refractivity contribution < 1.29 is 19.4 Å². The van der Waals surface area contributed by atoms with Crippen LogP contribution >= 0.6 is 11.8 Å². The zero-order chi connectivity index (χ0) is 19.9. The average molecular weight is 399 g/mol. The standard InChI is InChI=1S/C22H22FNO3S/c23-18-9-5-16(6-10-18)3-2-14-28-21-20(22(26)27)4-1-13-24(21)15-17-7-11-19(25)12-8-17/h1,4-13,21,25H,2-3,14-15H2,(H,26,27). The third-order valence-electron chi connectivity index (χ3n) is 4.47. The molecule has 2 N–H and O–H groups in total. The zero-order valence-electron chi connectivity index (χ0n) is 15.3. The van der Waals surface area contributed by atoms with E-state index in [-0.39, 0.29) is 16.9 Å². The lowest BCUT2D eigenvalue weighted by molar-refractivity contribution is -0.133. The second kappa shape index (κ2) is 9.46. The number of aliphatic carboxylic acids is 1. The van der Waals surface area contributed by atoms with Crippen LogP contribution in [0.5, 0.6) is 5.75 Å². The number of benzene rings is 2. The van der Waals surface area contributed by atoms with Crippen LogP contribution in [-0.2, 0) is 17.8 Å². The highest BCUT2D eigenvalue weighted by atomic mass is 32.2. The van der Waals surface area contributed by atoms with E-state index >= 15 is 0 Å². The van der Waals surface area contributed by atoms with Crippen molar-refractivity contribution in [3.63, 3.8) is 0 Å². The Morgan fingerprint density at radius 2 is 1.75 bits per heavy atom. The van der Waals surface area contributed by atoms with E-state index in [1.807, 2.05) is 23.2 Å². The topological polar surface area (TPSA) is 60.8 Å². The molecule has 0 bridgehead atoms. The van der Waals surface area contributed by atoms with Crippen LogP contribution in [0.15, 0.2) is 72.5 Å². The van der Waals surface area contributed by atoms with E-state index in [2.05, 4.69) is 0 Å². The third-order valence-corrected chi connectivity index (χ3v) is 5.83. The van der Waals surface area contributed by atoms with Crippen molar-refractivity contribution in [2.75, 3.05) is 5.75 Å². The van der Waals surface area contributed by atoms with E-state index in [9.17, 15) is 19.4 Å². The van der Waals surface area contributed by atoms with Crippen LogP contribution in [0.2, 0.25) is 0 Å². The van der Waals surface area contributed by atoms with Gasteiger partial charge in [0.15, 0.2) is 0 Å². The summed E-state index contributed by atoms with van der Waals surface area (Å²) in [6.07, 6.45) is 6.99. The molecule has 0 aliphatic carbocycles. The van der Waals surface area contributed by atoms with Crippen LogP contribution in [0.3, 0.4) is 0 Å². The molecule has 0 radical (unpaired) electrons. The van der Waals surface area contributed by atoms with Crippen molar-refractivity contribution in [1.82, 2.24) is 4.90 Å². The summed E-state index contributed by atoms with van der Waals surface area (Å²) in [4.78, 5) is 13.7. The SMILES string of the molecule is O=C(O)C1=CC=CN(Cc2ccc(O)cc2)C1SCCCc1ccc(F)cc1. The first kappa shape index (κ1) is 20.0. The van der Waals surface area contributed by atoms with Crippen LogP contribution < -0.4 is 0 Å². The quantitative estimate of drug-likeness (QED) is 0.637. The first-order valence-electron chi connectivity index (χ1n) is 9.04. The summed E-state index contributed by atoms with van der Waals surface area (Å²) < 4.78 is 13.0. The molecule has 1 atom stereocenters. The van der Waals surface area contributed by atoms with Crippen molar-refractivity contribution in [3.05, 3.63) is 89.4 Å². The first-order chi connectivity index (χ1) is 13.5. The average Bonchev–Trinajstić information content (AvgIpc) is 2.69. The van der Waals surface area contributed by atoms with Gasteiger partial charge in [-0.05, 0) is 66.1 Å². The number of aryl methyl sites for hydroxylation is 1. The van der Waals surface area contributed by atoms with Crippen LogP contribution in [0.25, 0.3) is 0 Å².